The monoisotopic (exact) mass is 300 g/mol. The molecule has 1 fully saturated rings. The molecule has 3 nitrogen and oxygen atoms in total. The second-order valence-electron chi connectivity index (χ2n) is 5.88. The van der Waals surface area contributed by atoms with E-state index in [1.165, 1.54) is 0 Å². The fourth-order valence-electron chi connectivity index (χ4n) is 2.69. The molecule has 104 valence electrons. The molecule has 2 atom stereocenters. The Kier molecular flexibility index (Phi) is 3.83. The van der Waals surface area contributed by atoms with Crippen LogP contribution >= 0.6 is 23.2 Å². The first-order valence-electron chi connectivity index (χ1n) is 6.25. The normalized spacial score (nSPS) is 24.1. The molecule has 0 saturated carbocycles. The van der Waals surface area contributed by atoms with E-state index in [-0.39, 0.29) is 23.5 Å². The number of nitrogens with zero attached hydrogens (tertiary/aromatic N) is 1. The van der Waals surface area contributed by atoms with Crippen molar-refractivity contribution in [3.05, 3.63) is 33.8 Å². The topological polar surface area (TPSA) is 46.3 Å². The third kappa shape index (κ3) is 2.60. The Morgan fingerprint density at radius 2 is 1.79 bits per heavy atom. The molecule has 0 aliphatic carbocycles. The summed E-state index contributed by atoms with van der Waals surface area (Å²) in [5.74, 6) is 0.0426. The van der Waals surface area contributed by atoms with Gasteiger partial charge < -0.3 is 10.6 Å². The molecule has 1 aliphatic heterocycles. The van der Waals surface area contributed by atoms with Crippen LogP contribution in [0.3, 0.4) is 0 Å². The van der Waals surface area contributed by atoms with Crippen molar-refractivity contribution in [1.29, 1.82) is 0 Å². The largest absolute Gasteiger partial charge is 0.329 e. The lowest BCUT2D eigenvalue weighted by Crippen LogP contribution is -2.45. The van der Waals surface area contributed by atoms with Gasteiger partial charge in [0.15, 0.2) is 0 Å². The van der Waals surface area contributed by atoms with Crippen LogP contribution in [0.4, 0.5) is 0 Å². The summed E-state index contributed by atoms with van der Waals surface area (Å²) in [6, 6.07) is 4.79. The molecule has 1 amide bonds. The maximum atomic E-state index is 12.2. The fraction of sp³-hybridized carbons (Fsp3) is 0.500. The van der Waals surface area contributed by atoms with Crippen LogP contribution < -0.4 is 5.73 Å². The third-order valence-electron chi connectivity index (χ3n) is 3.38. The van der Waals surface area contributed by atoms with Crippen molar-refractivity contribution in [2.45, 2.75) is 44.8 Å². The Hall–Kier alpha value is -0.770. The fourth-order valence-corrected chi connectivity index (χ4v) is 3.31. The van der Waals surface area contributed by atoms with Crippen molar-refractivity contribution in [1.82, 2.24) is 4.90 Å². The summed E-state index contributed by atoms with van der Waals surface area (Å²) in [5.41, 5.74) is 6.57. The maximum absolute atomic E-state index is 12.2. The van der Waals surface area contributed by atoms with Crippen LogP contribution in [0.25, 0.3) is 0 Å². The van der Waals surface area contributed by atoms with E-state index in [4.69, 9.17) is 28.9 Å². The number of carbonyl (C=O) groups excluding carboxylic acids is 1. The van der Waals surface area contributed by atoms with E-state index in [1.807, 2.05) is 20.8 Å². The molecule has 1 heterocycles. The first-order chi connectivity index (χ1) is 8.73. The smallest absolute Gasteiger partial charge is 0.225 e. The predicted octanol–water partition coefficient (Wildman–Crippen LogP) is 3.39. The van der Waals surface area contributed by atoms with Gasteiger partial charge in [0.1, 0.15) is 0 Å². The lowest BCUT2D eigenvalue weighted by Gasteiger charge is -2.39. The molecule has 2 unspecified atom stereocenters. The number of amides is 1. The van der Waals surface area contributed by atoms with Crippen LogP contribution in [-0.2, 0) is 4.79 Å². The van der Waals surface area contributed by atoms with Crippen molar-refractivity contribution in [2.24, 2.45) is 5.73 Å². The molecule has 1 aromatic carbocycles. The summed E-state index contributed by atoms with van der Waals surface area (Å²) >= 11 is 12.5. The minimum atomic E-state index is -0.321. The van der Waals surface area contributed by atoms with Crippen LogP contribution in [0.5, 0.6) is 0 Å². The average Bonchev–Trinajstić information content (AvgIpc) is 2.53. The highest BCUT2D eigenvalue weighted by molar-refractivity contribution is 6.36. The first kappa shape index (κ1) is 14.6. The first-order valence-corrected chi connectivity index (χ1v) is 7.00. The Morgan fingerprint density at radius 1 is 1.26 bits per heavy atom. The Labute approximate surface area is 123 Å². The number of hydrogen-bond donors (Lipinski definition) is 1. The second-order valence-corrected chi connectivity index (χ2v) is 6.70. The molecule has 1 aromatic rings. The van der Waals surface area contributed by atoms with E-state index in [1.54, 1.807) is 23.1 Å². The van der Waals surface area contributed by atoms with Crippen LogP contribution in [0.2, 0.25) is 10.0 Å². The summed E-state index contributed by atoms with van der Waals surface area (Å²) in [5, 5.41) is 1.11. The lowest BCUT2D eigenvalue weighted by atomic mass is 9.97. The van der Waals surface area contributed by atoms with Crippen molar-refractivity contribution in [2.75, 3.05) is 0 Å². The van der Waals surface area contributed by atoms with Gasteiger partial charge in [-0.25, -0.2) is 0 Å². The van der Waals surface area contributed by atoms with Crippen LogP contribution in [0.15, 0.2) is 18.2 Å². The highest BCUT2D eigenvalue weighted by Crippen LogP contribution is 2.42. The number of likely N-dealkylation sites (tertiary alicyclic amines) is 1. The van der Waals surface area contributed by atoms with Gasteiger partial charge in [-0.15, -0.1) is 0 Å². The molecule has 2 rings (SSSR count). The van der Waals surface area contributed by atoms with Gasteiger partial charge in [0.2, 0.25) is 5.91 Å². The summed E-state index contributed by atoms with van der Waals surface area (Å²) in [7, 11) is 0. The minimum absolute atomic E-state index is 0.0426. The SMILES string of the molecule is CC(C)(C)N1C(=O)CC(N)C1c1c(Cl)cccc1Cl. The molecule has 5 heteroatoms. The highest BCUT2D eigenvalue weighted by Gasteiger charge is 2.45. The number of benzene rings is 1. The van der Waals surface area contributed by atoms with Gasteiger partial charge in [0.05, 0.1) is 6.04 Å². The van der Waals surface area contributed by atoms with Crippen molar-refractivity contribution >= 4 is 29.1 Å². The zero-order chi connectivity index (χ0) is 14.4. The van der Waals surface area contributed by atoms with Crippen molar-refractivity contribution in [3.63, 3.8) is 0 Å². The van der Waals surface area contributed by atoms with Gasteiger partial charge in [0, 0.05) is 33.6 Å². The molecule has 0 bridgehead atoms. The molecule has 1 saturated heterocycles. The molecule has 1 aliphatic rings. The molecular weight excluding hydrogens is 283 g/mol. The zero-order valence-corrected chi connectivity index (χ0v) is 12.8. The molecule has 0 spiro atoms. The predicted molar refractivity (Wildman–Crippen MR) is 78.4 cm³/mol. The number of hydrogen-bond acceptors (Lipinski definition) is 2. The van der Waals surface area contributed by atoms with E-state index >= 15 is 0 Å². The number of nitrogens with two attached hydrogens (primary N) is 1. The van der Waals surface area contributed by atoms with Gasteiger partial charge in [-0.3, -0.25) is 4.79 Å². The summed E-state index contributed by atoms with van der Waals surface area (Å²) in [4.78, 5) is 14.0. The van der Waals surface area contributed by atoms with Gasteiger partial charge in [-0.2, -0.15) is 0 Å². The third-order valence-corrected chi connectivity index (χ3v) is 4.04. The molecule has 0 radical (unpaired) electrons. The van der Waals surface area contributed by atoms with E-state index < -0.39 is 0 Å². The second kappa shape index (κ2) is 4.97. The Bertz CT molecular complexity index is 490. The van der Waals surface area contributed by atoms with Gasteiger partial charge in [-0.05, 0) is 32.9 Å². The lowest BCUT2D eigenvalue weighted by molar-refractivity contribution is -0.133. The number of rotatable bonds is 1. The van der Waals surface area contributed by atoms with Gasteiger partial charge in [0.25, 0.3) is 0 Å². The minimum Gasteiger partial charge on any atom is -0.329 e. The van der Waals surface area contributed by atoms with E-state index in [0.717, 1.165) is 5.56 Å². The summed E-state index contributed by atoms with van der Waals surface area (Å²) < 4.78 is 0. The molecular formula is C14H18Cl2N2O. The Morgan fingerprint density at radius 3 is 2.26 bits per heavy atom. The molecule has 19 heavy (non-hydrogen) atoms. The van der Waals surface area contributed by atoms with E-state index in [2.05, 4.69) is 0 Å². The van der Waals surface area contributed by atoms with Gasteiger partial charge in [-0.1, -0.05) is 29.3 Å². The van der Waals surface area contributed by atoms with Crippen LogP contribution in [0.1, 0.15) is 38.8 Å². The molecule has 0 aromatic heterocycles. The van der Waals surface area contributed by atoms with Crippen LogP contribution in [0, 0.1) is 0 Å². The van der Waals surface area contributed by atoms with Crippen molar-refractivity contribution in [3.8, 4) is 0 Å². The summed E-state index contributed by atoms with van der Waals surface area (Å²) in [6.07, 6.45) is 0.323. The quantitative estimate of drug-likeness (QED) is 0.864. The standard InChI is InChI=1S/C14H18Cl2N2O/c1-14(2,3)18-11(19)7-10(17)13(18)12-8(15)5-4-6-9(12)16/h4-6,10,13H,7,17H2,1-3H3. The Balaban J connectivity index is 2.55. The number of carbonyl (C=O) groups is 1. The zero-order valence-electron chi connectivity index (χ0n) is 11.3. The average molecular weight is 301 g/mol. The molecule has 2 N–H and O–H groups in total. The van der Waals surface area contributed by atoms with Gasteiger partial charge >= 0.3 is 0 Å². The maximum Gasteiger partial charge on any atom is 0.225 e. The highest BCUT2D eigenvalue weighted by atomic mass is 35.5. The van der Waals surface area contributed by atoms with E-state index in [0.29, 0.717) is 16.5 Å². The number of halogens is 2. The van der Waals surface area contributed by atoms with E-state index in [9.17, 15) is 4.79 Å². The van der Waals surface area contributed by atoms with Crippen LogP contribution in [-0.4, -0.2) is 22.4 Å². The van der Waals surface area contributed by atoms with Crippen molar-refractivity contribution < 1.29 is 4.79 Å². The summed E-state index contributed by atoms with van der Waals surface area (Å²) in [6.45, 7) is 5.96.